The molecular formula is C13H22N4O2S. The van der Waals surface area contributed by atoms with Gasteiger partial charge in [-0.3, -0.25) is 5.32 Å². The van der Waals surface area contributed by atoms with Crippen LogP contribution in [0.15, 0.2) is 0 Å². The minimum Gasteiger partial charge on any atom is -0.396 e. The van der Waals surface area contributed by atoms with E-state index in [1.54, 1.807) is 0 Å². The molecule has 2 amide bonds. The molecule has 112 valence electrons. The number of aromatic nitrogens is 2. The molecule has 1 heterocycles. The Morgan fingerprint density at radius 2 is 2.35 bits per heavy atom. The predicted octanol–water partition coefficient (Wildman–Crippen LogP) is 2.16. The molecular weight excluding hydrogens is 276 g/mol. The fraction of sp³-hybridized carbons (Fsp3) is 0.769. The van der Waals surface area contributed by atoms with Gasteiger partial charge in [-0.1, -0.05) is 31.6 Å². The van der Waals surface area contributed by atoms with Gasteiger partial charge in [-0.05, 0) is 19.3 Å². The van der Waals surface area contributed by atoms with Gasteiger partial charge in [0.1, 0.15) is 5.01 Å². The van der Waals surface area contributed by atoms with E-state index in [0.29, 0.717) is 5.13 Å². The Kier molecular flexibility index (Phi) is 4.93. The molecule has 0 radical (unpaired) electrons. The summed E-state index contributed by atoms with van der Waals surface area (Å²) < 4.78 is 0. The zero-order chi connectivity index (χ0) is 14.6. The van der Waals surface area contributed by atoms with Crippen molar-refractivity contribution in [3.05, 3.63) is 5.01 Å². The maximum atomic E-state index is 12.0. The molecule has 0 aromatic carbocycles. The summed E-state index contributed by atoms with van der Waals surface area (Å²) in [6.07, 6.45) is 4.76. The molecule has 0 saturated heterocycles. The third kappa shape index (κ3) is 3.46. The van der Waals surface area contributed by atoms with Crippen molar-refractivity contribution in [1.82, 2.24) is 15.5 Å². The number of aliphatic hydroxyl groups is 1. The molecule has 2 rings (SSSR count). The van der Waals surface area contributed by atoms with Gasteiger partial charge in [0, 0.05) is 17.9 Å². The molecule has 20 heavy (non-hydrogen) atoms. The van der Waals surface area contributed by atoms with Crippen LogP contribution in [0.2, 0.25) is 0 Å². The van der Waals surface area contributed by atoms with Gasteiger partial charge >= 0.3 is 6.03 Å². The molecule has 6 nitrogen and oxygen atoms in total. The lowest BCUT2D eigenvalue weighted by Gasteiger charge is -2.29. The van der Waals surface area contributed by atoms with Crippen molar-refractivity contribution in [2.24, 2.45) is 5.41 Å². The van der Waals surface area contributed by atoms with Crippen molar-refractivity contribution in [3.63, 3.8) is 0 Å². The van der Waals surface area contributed by atoms with Gasteiger partial charge in [-0.2, -0.15) is 0 Å². The molecule has 1 aromatic rings. The van der Waals surface area contributed by atoms with Crippen molar-refractivity contribution in [2.75, 3.05) is 11.9 Å². The number of hydrogen-bond acceptors (Lipinski definition) is 5. The second-order valence-corrected chi connectivity index (χ2v) is 6.67. The number of nitrogens with zero attached hydrogens (tertiary/aromatic N) is 2. The molecule has 0 aliphatic heterocycles. The van der Waals surface area contributed by atoms with Gasteiger partial charge in [0.25, 0.3) is 0 Å². The summed E-state index contributed by atoms with van der Waals surface area (Å²) in [6.45, 7) is 4.18. The fourth-order valence-corrected chi connectivity index (χ4v) is 3.42. The lowest BCUT2D eigenvalue weighted by atomic mass is 9.86. The lowest BCUT2D eigenvalue weighted by molar-refractivity contribution is 0.122. The van der Waals surface area contributed by atoms with Crippen LogP contribution in [0.5, 0.6) is 0 Å². The number of carbonyl (C=O) groups excluding carboxylic acids is 1. The molecule has 1 aromatic heterocycles. The Morgan fingerprint density at radius 1 is 1.55 bits per heavy atom. The molecule has 1 aliphatic rings. The molecule has 1 fully saturated rings. The first-order valence-electron chi connectivity index (χ1n) is 7.08. The van der Waals surface area contributed by atoms with Gasteiger partial charge < -0.3 is 10.4 Å². The van der Waals surface area contributed by atoms with E-state index in [4.69, 9.17) is 0 Å². The summed E-state index contributed by atoms with van der Waals surface area (Å²) in [4.78, 5) is 12.0. The van der Waals surface area contributed by atoms with Crippen LogP contribution in [0.4, 0.5) is 9.93 Å². The third-order valence-corrected chi connectivity index (χ3v) is 4.80. The SMILES string of the molecule is CCCc1nnc(NC(=O)NC2CCCC2(C)CO)s1. The second-order valence-electron chi connectivity index (χ2n) is 5.61. The number of anilines is 1. The Morgan fingerprint density at radius 3 is 3.05 bits per heavy atom. The number of aliphatic hydroxyl groups excluding tert-OH is 1. The van der Waals surface area contributed by atoms with E-state index in [-0.39, 0.29) is 24.1 Å². The van der Waals surface area contributed by atoms with Gasteiger partial charge in [-0.15, -0.1) is 10.2 Å². The minimum absolute atomic E-state index is 0.00975. The summed E-state index contributed by atoms with van der Waals surface area (Å²) in [6, 6.07) is -0.258. The van der Waals surface area contributed by atoms with Crippen LogP contribution in [-0.4, -0.2) is 34.0 Å². The summed E-state index contributed by atoms with van der Waals surface area (Å²) in [5.41, 5.74) is -0.216. The molecule has 2 atom stereocenters. The average Bonchev–Trinajstić information content (AvgIpc) is 2.99. The molecule has 1 saturated carbocycles. The second kappa shape index (κ2) is 6.49. The van der Waals surface area contributed by atoms with Crippen LogP contribution in [0.1, 0.15) is 44.5 Å². The number of aryl methyl sites for hydroxylation is 1. The van der Waals surface area contributed by atoms with Gasteiger partial charge in [0.2, 0.25) is 5.13 Å². The van der Waals surface area contributed by atoms with E-state index in [1.807, 2.05) is 6.92 Å². The van der Waals surface area contributed by atoms with E-state index < -0.39 is 0 Å². The first-order valence-corrected chi connectivity index (χ1v) is 7.90. The summed E-state index contributed by atoms with van der Waals surface area (Å²) in [7, 11) is 0. The highest BCUT2D eigenvalue weighted by atomic mass is 32.1. The smallest absolute Gasteiger partial charge is 0.321 e. The molecule has 3 N–H and O–H groups in total. The Hall–Kier alpha value is -1.21. The number of amides is 2. The van der Waals surface area contributed by atoms with Crippen LogP contribution in [0, 0.1) is 5.41 Å². The predicted molar refractivity (Wildman–Crippen MR) is 78.9 cm³/mol. The normalized spacial score (nSPS) is 25.6. The molecule has 0 bridgehead atoms. The quantitative estimate of drug-likeness (QED) is 0.777. The molecule has 2 unspecified atom stereocenters. The van der Waals surface area contributed by atoms with E-state index in [1.165, 1.54) is 11.3 Å². The maximum Gasteiger partial charge on any atom is 0.321 e. The molecule has 1 aliphatic carbocycles. The topological polar surface area (TPSA) is 87.1 Å². The van der Waals surface area contributed by atoms with Crippen molar-refractivity contribution in [3.8, 4) is 0 Å². The highest BCUT2D eigenvalue weighted by Gasteiger charge is 2.39. The van der Waals surface area contributed by atoms with Crippen LogP contribution in [0.3, 0.4) is 0 Å². The third-order valence-electron chi connectivity index (χ3n) is 3.90. The number of carbonyl (C=O) groups is 1. The average molecular weight is 298 g/mol. The van der Waals surface area contributed by atoms with Crippen molar-refractivity contribution in [1.29, 1.82) is 0 Å². The van der Waals surface area contributed by atoms with Crippen molar-refractivity contribution >= 4 is 22.5 Å². The van der Waals surface area contributed by atoms with Crippen molar-refractivity contribution in [2.45, 2.75) is 52.0 Å². The highest BCUT2D eigenvalue weighted by molar-refractivity contribution is 7.15. The minimum atomic E-state index is -0.268. The van der Waals surface area contributed by atoms with Gasteiger partial charge in [0.15, 0.2) is 0 Å². The zero-order valence-electron chi connectivity index (χ0n) is 12.0. The van der Waals surface area contributed by atoms with Crippen LogP contribution in [0.25, 0.3) is 0 Å². The zero-order valence-corrected chi connectivity index (χ0v) is 12.8. The summed E-state index contributed by atoms with van der Waals surface area (Å²) in [5.74, 6) is 0. The highest BCUT2D eigenvalue weighted by Crippen LogP contribution is 2.37. The fourth-order valence-electron chi connectivity index (χ4n) is 2.58. The number of hydrogen-bond donors (Lipinski definition) is 3. The van der Waals surface area contributed by atoms with Gasteiger partial charge in [-0.25, -0.2) is 4.79 Å². The number of nitrogens with one attached hydrogen (secondary N) is 2. The first kappa shape index (κ1) is 15.2. The first-order chi connectivity index (χ1) is 9.57. The van der Waals surface area contributed by atoms with E-state index >= 15 is 0 Å². The number of urea groups is 1. The van der Waals surface area contributed by atoms with E-state index in [9.17, 15) is 9.90 Å². The van der Waals surface area contributed by atoms with Crippen LogP contribution in [-0.2, 0) is 6.42 Å². The lowest BCUT2D eigenvalue weighted by Crippen LogP contribution is -2.46. The Balaban J connectivity index is 1.88. The molecule has 7 heteroatoms. The summed E-state index contributed by atoms with van der Waals surface area (Å²) in [5, 5.41) is 24.6. The largest absolute Gasteiger partial charge is 0.396 e. The molecule has 0 spiro atoms. The van der Waals surface area contributed by atoms with Crippen LogP contribution >= 0.6 is 11.3 Å². The number of rotatable bonds is 5. The van der Waals surface area contributed by atoms with Gasteiger partial charge in [0.05, 0.1) is 6.61 Å². The van der Waals surface area contributed by atoms with E-state index in [2.05, 4.69) is 27.8 Å². The Bertz CT molecular complexity index is 465. The monoisotopic (exact) mass is 298 g/mol. The standard InChI is InChI=1S/C13H22N4O2S/c1-3-5-10-16-17-12(20-10)15-11(19)14-9-6-4-7-13(9,2)8-18/h9,18H,3-8H2,1-2H3,(H2,14,15,17,19). The van der Waals surface area contributed by atoms with Crippen LogP contribution < -0.4 is 10.6 Å². The van der Waals surface area contributed by atoms with E-state index in [0.717, 1.165) is 37.1 Å². The Labute approximate surface area is 123 Å². The summed E-state index contributed by atoms with van der Waals surface area (Å²) >= 11 is 1.41. The van der Waals surface area contributed by atoms with Crippen molar-refractivity contribution < 1.29 is 9.90 Å². The maximum absolute atomic E-state index is 12.0.